The van der Waals surface area contributed by atoms with Crippen LogP contribution in [0.4, 0.5) is 0 Å². The van der Waals surface area contributed by atoms with Gasteiger partial charge in [0.25, 0.3) is 0 Å². The summed E-state index contributed by atoms with van der Waals surface area (Å²) < 4.78 is 16.1. The van der Waals surface area contributed by atoms with Gasteiger partial charge in [0, 0.05) is 38.6 Å². The Bertz CT molecular complexity index is 363. The van der Waals surface area contributed by atoms with E-state index < -0.39 is 0 Å². The molecule has 2 unspecified atom stereocenters. The Morgan fingerprint density at radius 3 is 3.22 bits per heavy atom. The van der Waals surface area contributed by atoms with E-state index in [9.17, 15) is 0 Å². The van der Waals surface area contributed by atoms with Gasteiger partial charge in [0.2, 0.25) is 6.39 Å². The normalized spacial score (nSPS) is 32.1. The van der Waals surface area contributed by atoms with Crippen LogP contribution in [0.5, 0.6) is 0 Å². The molecule has 0 aliphatic carbocycles. The summed E-state index contributed by atoms with van der Waals surface area (Å²) in [5, 5.41) is 7.35. The molecule has 3 heterocycles. The summed E-state index contributed by atoms with van der Waals surface area (Å²) in [5.74, 6) is 0.758. The molecule has 2 aliphatic heterocycles. The summed E-state index contributed by atoms with van der Waals surface area (Å²) in [6.45, 7) is 3.27. The summed E-state index contributed by atoms with van der Waals surface area (Å²) in [6.07, 6.45) is 5.30. The van der Waals surface area contributed by atoms with E-state index in [1.165, 1.54) is 6.39 Å². The van der Waals surface area contributed by atoms with Crippen LogP contribution in [0.25, 0.3) is 0 Å². The molecule has 2 fully saturated rings. The lowest BCUT2D eigenvalue weighted by Gasteiger charge is -2.37. The third-order valence-corrected chi connectivity index (χ3v) is 3.75. The smallest absolute Gasteiger partial charge is 0.213 e. The number of rotatable bonds is 4. The van der Waals surface area contributed by atoms with Crippen molar-refractivity contribution in [3.63, 3.8) is 0 Å². The number of hydrogen-bond donors (Lipinski definition) is 1. The van der Waals surface area contributed by atoms with Crippen LogP contribution in [0.3, 0.4) is 0 Å². The van der Waals surface area contributed by atoms with Crippen molar-refractivity contribution in [3.8, 4) is 0 Å². The van der Waals surface area contributed by atoms with Crippen LogP contribution in [0, 0.1) is 0 Å². The molecule has 1 aromatic heterocycles. The third-order valence-electron chi connectivity index (χ3n) is 3.75. The molecule has 2 aliphatic rings. The minimum absolute atomic E-state index is 0.0257. The molecule has 1 aromatic rings. The molecule has 18 heavy (non-hydrogen) atoms. The van der Waals surface area contributed by atoms with Crippen LogP contribution in [0.15, 0.2) is 10.9 Å². The molecule has 6 nitrogen and oxygen atoms in total. The Hall–Kier alpha value is -0.980. The third kappa shape index (κ3) is 2.71. The summed E-state index contributed by atoms with van der Waals surface area (Å²) >= 11 is 0. The first-order valence-corrected chi connectivity index (χ1v) is 6.57. The molecule has 100 valence electrons. The second-order valence-electron chi connectivity index (χ2n) is 5.08. The Morgan fingerprint density at radius 1 is 1.44 bits per heavy atom. The summed E-state index contributed by atoms with van der Waals surface area (Å²) in [7, 11) is 0. The number of nitrogens with one attached hydrogen (secondary N) is 1. The van der Waals surface area contributed by atoms with Crippen LogP contribution < -0.4 is 5.32 Å². The highest BCUT2D eigenvalue weighted by molar-refractivity contribution is 4.93. The van der Waals surface area contributed by atoms with Crippen LogP contribution in [0.1, 0.15) is 25.1 Å². The molecule has 1 N–H and O–H groups in total. The molecule has 1 spiro atoms. The fourth-order valence-corrected chi connectivity index (χ4v) is 2.76. The van der Waals surface area contributed by atoms with E-state index in [1.54, 1.807) is 0 Å². The van der Waals surface area contributed by atoms with Gasteiger partial charge < -0.3 is 19.3 Å². The van der Waals surface area contributed by atoms with E-state index in [4.69, 9.17) is 14.0 Å². The van der Waals surface area contributed by atoms with Gasteiger partial charge in [0.1, 0.15) is 0 Å². The molecule has 3 rings (SSSR count). The average molecular weight is 253 g/mol. The Kier molecular flexibility index (Phi) is 3.58. The second-order valence-corrected chi connectivity index (χ2v) is 5.08. The minimum Gasteiger partial charge on any atom is -0.378 e. The predicted molar refractivity (Wildman–Crippen MR) is 63.1 cm³/mol. The van der Waals surface area contributed by atoms with Crippen molar-refractivity contribution < 1.29 is 14.0 Å². The van der Waals surface area contributed by atoms with Crippen molar-refractivity contribution in [2.24, 2.45) is 0 Å². The number of ether oxygens (including phenoxy) is 2. The number of nitrogens with zero attached hydrogens (tertiary/aromatic N) is 2. The van der Waals surface area contributed by atoms with E-state index in [1.807, 2.05) is 0 Å². The Labute approximate surface area is 106 Å². The van der Waals surface area contributed by atoms with Gasteiger partial charge in [-0.05, 0) is 12.8 Å². The Balaban J connectivity index is 1.45. The molecule has 0 bridgehead atoms. The first-order chi connectivity index (χ1) is 8.86. The fraction of sp³-hybridized carbons (Fsp3) is 0.833. The van der Waals surface area contributed by atoms with Gasteiger partial charge in [-0.2, -0.15) is 4.98 Å². The van der Waals surface area contributed by atoms with Gasteiger partial charge in [0.05, 0.1) is 12.2 Å². The second kappa shape index (κ2) is 5.34. The van der Waals surface area contributed by atoms with Crippen molar-refractivity contribution in [3.05, 3.63) is 12.2 Å². The molecule has 2 saturated heterocycles. The number of aromatic nitrogens is 2. The maximum Gasteiger partial charge on any atom is 0.213 e. The van der Waals surface area contributed by atoms with E-state index in [0.717, 1.165) is 57.9 Å². The van der Waals surface area contributed by atoms with Gasteiger partial charge in [-0.25, -0.2) is 0 Å². The zero-order valence-corrected chi connectivity index (χ0v) is 10.4. The molecule has 0 amide bonds. The first-order valence-electron chi connectivity index (χ1n) is 6.57. The SMILES string of the molecule is c1nc(CCNC2CCOC3(CCOC3)C2)no1. The fourth-order valence-electron chi connectivity index (χ4n) is 2.76. The molecular weight excluding hydrogens is 234 g/mol. The van der Waals surface area contributed by atoms with Crippen molar-refractivity contribution in [2.45, 2.75) is 37.3 Å². The van der Waals surface area contributed by atoms with Crippen molar-refractivity contribution in [1.29, 1.82) is 0 Å². The molecule has 0 saturated carbocycles. The van der Waals surface area contributed by atoms with Crippen LogP contribution >= 0.6 is 0 Å². The lowest BCUT2D eigenvalue weighted by atomic mass is 9.89. The monoisotopic (exact) mass is 253 g/mol. The standard InChI is InChI=1S/C12H19N3O3/c1(11-14-9-18-15-11)4-13-10-2-5-17-12(7-10)3-6-16-8-12/h9-10,13H,1-8H2. The maximum absolute atomic E-state index is 5.90. The molecule has 2 atom stereocenters. The van der Waals surface area contributed by atoms with Crippen LogP contribution in [-0.4, -0.2) is 48.1 Å². The van der Waals surface area contributed by atoms with E-state index in [0.29, 0.717) is 6.04 Å². The highest BCUT2D eigenvalue weighted by Crippen LogP contribution is 2.32. The Morgan fingerprint density at radius 2 is 2.44 bits per heavy atom. The van der Waals surface area contributed by atoms with Gasteiger partial charge in [-0.1, -0.05) is 5.16 Å². The highest BCUT2D eigenvalue weighted by Gasteiger charge is 2.40. The largest absolute Gasteiger partial charge is 0.378 e. The zero-order valence-electron chi connectivity index (χ0n) is 10.4. The molecule has 6 heteroatoms. The predicted octanol–water partition coefficient (Wildman–Crippen LogP) is 0.540. The zero-order chi connectivity index (χ0) is 12.3. The molecule has 0 radical (unpaired) electrons. The maximum atomic E-state index is 5.90. The first kappa shape index (κ1) is 12.1. The van der Waals surface area contributed by atoms with Gasteiger partial charge in [0.15, 0.2) is 5.82 Å². The minimum atomic E-state index is -0.0257. The highest BCUT2D eigenvalue weighted by atomic mass is 16.6. The average Bonchev–Trinajstić information content (AvgIpc) is 3.02. The van der Waals surface area contributed by atoms with Gasteiger partial charge >= 0.3 is 0 Å². The van der Waals surface area contributed by atoms with Gasteiger partial charge in [-0.3, -0.25) is 0 Å². The lowest BCUT2D eigenvalue weighted by molar-refractivity contribution is -0.0892. The van der Waals surface area contributed by atoms with E-state index in [-0.39, 0.29) is 5.60 Å². The van der Waals surface area contributed by atoms with Crippen LogP contribution in [-0.2, 0) is 15.9 Å². The van der Waals surface area contributed by atoms with E-state index >= 15 is 0 Å². The lowest BCUT2D eigenvalue weighted by Crippen LogP contribution is -2.47. The quantitative estimate of drug-likeness (QED) is 0.844. The summed E-state index contributed by atoms with van der Waals surface area (Å²) in [4.78, 5) is 4.01. The number of hydrogen-bond acceptors (Lipinski definition) is 6. The van der Waals surface area contributed by atoms with E-state index in [2.05, 4.69) is 15.5 Å². The van der Waals surface area contributed by atoms with Crippen molar-refractivity contribution >= 4 is 0 Å². The topological polar surface area (TPSA) is 69.4 Å². The summed E-state index contributed by atoms with van der Waals surface area (Å²) in [5.41, 5.74) is -0.0257. The molecular formula is C12H19N3O3. The van der Waals surface area contributed by atoms with Gasteiger partial charge in [-0.15, -0.1) is 0 Å². The van der Waals surface area contributed by atoms with Crippen LogP contribution in [0.2, 0.25) is 0 Å². The molecule has 0 aromatic carbocycles. The van der Waals surface area contributed by atoms with Crippen molar-refractivity contribution in [2.75, 3.05) is 26.4 Å². The van der Waals surface area contributed by atoms with Crippen molar-refractivity contribution in [1.82, 2.24) is 15.5 Å². The summed E-state index contributed by atoms with van der Waals surface area (Å²) in [6, 6.07) is 0.507.